The van der Waals surface area contributed by atoms with E-state index in [2.05, 4.69) is 15.3 Å². The molecule has 1 aromatic carbocycles. The van der Waals surface area contributed by atoms with Crippen LogP contribution < -0.4 is 9.64 Å². The van der Waals surface area contributed by atoms with Crippen LogP contribution in [0.4, 0.5) is 5.69 Å². The van der Waals surface area contributed by atoms with Crippen molar-refractivity contribution >= 4 is 52.0 Å². The van der Waals surface area contributed by atoms with Gasteiger partial charge in [-0.25, -0.2) is 4.98 Å². The third-order valence-corrected chi connectivity index (χ3v) is 5.18. The second-order valence-corrected chi connectivity index (χ2v) is 6.94. The Bertz CT molecular complexity index is 954. The van der Waals surface area contributed by atoms with E-state index in [0.717, 1.165) is 28.6 Å². The van der Waals surface area contributed by atoms with Crippen molar-refractivity contribution in [2.75, 3.05) is 17.9 Å². The van der Waals surface area contributed by atoms with Crippen LogP contribution >= 0.6 is 35.0 Å². The molecule has 0 unspecified atom stereocenters. The summed E-state index contributed by atoms with van der Waals surface area (Å²) in [4.78, 5) is 6.65. The van der Waals surface area contributed by atoms with E-state index in [-0.39, 0.29) is 0 Å². The number of fused-ring (bicyclic) bond motifs is 1. The number of methoxy groups -OCH3 is 1. The minimum absolute atomic E-state index is 0.590. The molecule has 0 saturated carbocycles. The maximum Gasteiger partial charge on any atom is 0.137 e. The van der Waals surface area contributed by atoms with Gasteiger partial charge < -0.3 is 9.64 Å². The van der Waals surface area contributed by atoms with Crippen molar-refractivity contribution in [3.8, 4) is 5.75 Å². The molecule has 1 aliphatic heterocycles. The van der Waals surface area contributed by atoms with Crippen molar-refractivity contribution < 1.29 is 4.74 Å². The number of hydrogen-bond acceptors (Lipinski definition) is 4. The average Bonchev–Trinajstić information content (AvgIpc) is 3.20. The van der Waals surface area contributed by atoms with Crippen molar-refractivity contribution in [3.63, 3.8) is 0 Å². The molecule has 0 fully saturated rings. The molecule has 0 N–H and O–H groups in total. The number of hydrogen-bond donors (Lipinski definition) is 0. The summed E-state index contributed by atoms with van der Waals surface area (Å²) in [6.45, 7) is 0. The van der Waals surface area contributed by atoms with Gasteiger partial charge >= 0.3 is 0 Å². The van der Waals surface area contributed by atoms with E-state index in [1.54, 1.807) is 18.9 Å². The summed E-state index contributed by atoms with van der Waals surface area (Å²) in [5.41, 5.74) is 3.93. The van der Waals surface area contributed by atoms with Crippen LogP contribution in [0.2, 0.25) is 10.0 Å². The third kappa shape index (κ3) is 2.62. The lowest BCUT2D eigenvalue weighted by molar-refractivity contribution is 0.415. The highest BCUT2D eigenvalue weighted by Crippen LogP contribution is 2.38. The van der Waals surface area contributed by atoms with Gasteiger partial charge in [0.15, 0.2) is 0 Å². The maximum absolute atomic E-state index is 6.28. The molecule has 3 heterocycles. The molecule has 0 aliphatic carbocycles. The number of halogens is 2. The standard InChI is InChI=1S/C17H13Cl2N3OS/c1-23-16-4-3-12(6-13(16)19)22-10-24-9-15(22)14-7-20-17-5-2-11(18)8-21(14)17/h2-9H,10H2,1H3. The fraction of sp³-hybridized carbons (Fsp3) is 0.118. The van der Waals surface area contributed by atoms with E-state index in [4.69, 9.17) is 27.9 Å². The molecule has 2 aromatic heterocycles. The first-order chi connectivity index (χ1) is 11.7. The third-order valence-electron chi connectivity index (χ3n) is 3.87. The number of anilines is 1. The van der Waals surface area contributed by atoms with Crippen LogP contribution in [0, 0.1) is 0 Å². The highest BCUT2D eigenvalue weighted by Gasteiger charge is 2.22. The Morgan fingerprint density at radius 1 is 1.21 bits per heavy atom. The van der Waals surface area contributed by atoms with Crippen LogP contribution in [0.25, 0.3) is 11.3 Å². The van der Waals surface area contributed by atoms with E-state index in [0.29, 0.717) is 15.8 Å². The van der Waals surface area contributed by atoms with E-state index < -0.39 is 0 Å². The van der Waals surface area contributed by atoms with Crippen LogP contribution in [0.3, 0.4) is 0 Å². The molecule has 0 saturated heterocycles. The molecule has 7 heteroatoms. The molecule has 0 bridgehead atoms. The highest BCUT2D eigenvalue weighted by molar-refractivity contribution is 8.02. The molecule has 4 rings (SSSR count). The number of rotatable bonds is 3. The maximum atomic E-state index is 6.28. The lowest BCUT2D eigenvalue weighted by Gasteiger charge is -2.22. The Kier molecular flexibility index (Phi) is 4.08. The van der Waals surface area contributed by atoms with E-state index >= 15 is 0 Å². The Morgan fingerprint density at radius 2 is 2.08 bits per heavy atom. The lowest BCUT2D eigenvalue weighted by Crippen LogP contribution is -2.17. The molecule has 4 nitrogen and oxygen atoms in total. The van der Waals surface area contributed by atoms with Gasteiger partial charge in [-0.15, -0.1) is 11.8 Å². The molecule has 122 valence electrons. The van der Waals surface area contributed by atoms with Crippen LogP contribution in [0.1, 0.15) is 5.69 Å². The topological polar surface area (TPSA) is 29.8 Å². The zero-order valence-corrected chi connectivity index (χ0v) is 15.1. The van der Waals surface area contributed by atoms with Crippen molar-refractivity contribution in [3.05, 3.63) is 63.9 Å². The number of ether oxygens (including phenoxy) is 1. The summed E-state index contributed by atoms with van der Waals surface area (Å²) >= 11 is 14.2. The van der Waals surface area contributed by atoms with Gasteiger partial charge in [0.1, 0.15) is 11.4 Å². The zero-order valence-electron chi connectivity index (χ0n) is 12.7. The van der Waals surface area contributed by atoms with Crippen LogP contribution in [0.15, 0.2) is 48.1 Å². The summed E-state index contributed by atoms with van der Waals surface area (Å²) in [5.74, 6) is 1.48. The summed E-state index contributed by atoms with van der Waals surface area (Å²) in [6.07, 6.45) is 3.74. The predicted octanol–water partition coefficient (Wildman–Crippen LogP) is 5.16. The van der Waals surface area contributed by atoms with Gasteiger partial charge in [0.2, 0.25) is 0 Å². The number of aromatic nitrogens is 2. The van der Waals surface area contributed by atoms with Crippen molar-refractivity contribution in [1.29, 1.82) is 0 Å². The van der Waals surface area contributed by atoms with Gasteiger partial charge in [-0.3, -0.25) is 4.40 Å². The molecular weight excluding hydrogens is 365 g/mol. The number of imidazole rings is 1. The Hall–Kier alpha value is -1.82. The van der Waals surface area contributed by atoms with Gasteiger partial charge in [0.05, 0.1) is 40.6 Å². The van der Waals surface area contributed by atoms with Crippen LogP contribution in [-0.2, 0) is 0 Å². The summed E-state index contributed by atoms with van der Waals surface area (Å²) < 4.78 is 7.23. The molecule has 24 heavy (non-hydrogen) atoms. The second kappa shape index (κ2) is 6.24. The number of thioether (sulfide) groups is 1. The van der Waals surface area contributed by atoms with E-state index in [1.807, 2.05) is 47.1 Å². The molecular formula is C17H13Cl2N3OS. The predicted molar refractivity (Wildman–Crippen MR) is 101 cm³/mol. The Morgan fingerprint density at radius 3 is 2.88 bits per heavy atom. The number of pyridine rings is 1. The molecule has 0 radical (unpaired) electrons. The first-order valence-corrected chi connectivity index (χ1v) is 9.03. The van der Waals surface area contributed by atoms with Gasteiger partial charge in [0, 0.05) is 11.9 Å². The summed E-state index contributed by atoms with van der Waals surface area (Å²) in [5, 5.41) is 3.39. The zero-order chi connectivity index (χ0) is 16.7. The molecule has 0 atom stereocenters. The smallest absolute Gasteiger partial charge is 0.137 e. The average molecular weight is 378 g/mol. The van der Waals surface area contributed by atoms with Crippen molar-refractivity contribution in [2.24, 2.45) is 0 Å². The number of nitrogens with zero attached hydrogens (tertiary/aromatic N) is 3. The van der Waals surface area contributed by atoms with E-state index in [9.17, 15) is 0 Å². The van der Waals surface area contributed by atoms with Gasteiger partial charge in [-0.05, 0) is 35.7 Å². The van der Waals surface area contributed by atoms with Gasteiger partial charge in [-0.2, -0.15) is 0 Å². The van der Waals surface area contributed by atoms with E-state index in [1.165, 1.54) is 0 Å². The van der Waals surface area contributed by atoms with Crippen molar-refractivity contribution in [1.82, 2.24) is 9.38 Å². The molecule has 1 aliphatic rings. The Labute approximate surface area is 153 Å². The van der Waals surface area contributed by atoms with Gasteiger partial charge in [-0.1, -0.05) is 23.2 Å². The molecule has 0 amide bonds. The fourth-order valence-electron chi connectivity index (χ4n) is 2.70. The molecule has 0 spiro atoms. The SMILES string of the molecule is COc1ccc(N2CSC=C2c2cnc3ccc(Cl)cn23)cc1Cl. The Balaban J connectivity index is 1.77. The second-order valence-electron chi connectivity index (χ2n) is 5.26. The molecule has 3 aromatic rings. The minimum atomic E-state index is 0.590. The summed E-state index contributed by atoms with van der Waals surface area (Å²) in [6, 6.07) is 9.54. The normalized spacial score (nSPS) is 14.3. The lowest BCUT2D eigenvalue weighted by atomic mass is 10.2. The fourth-order valence-corrected chi connectivity index (χ4v) is 4.03. The minimum Gasteiger partial charge on any atom is -0.495 e. The highest BCUT2D eigenvalue weighted by atomic mass is 35.5. The van der Waals surface area contributed by atoms with Crippen LogP contribution in [0.5, 0.6) is 5.75 Å². The quantitative estimate of drug-likeness (QED) is 0.630. The largest absolute Gasteiger partial charge is 0.495 e. The van der Waals surface area contributed by atoms with Crippen molar-refractivity contribution in [2.45, 2.75) is 0 Å². The van der Waals surface area contributed by atoms with Gasteiger partial charge in [0.25, 0.3) is 0 Å². The first-order valence-electron chi connectivity index (χ1n) is 7.23. The summed E-state index contributed by atoms with van der Waals surface area (Å²) in [7, 11) is 1.61. The monoisotopic (exact) mass is 377 g/mol. The number of benzene rings is 1. The first kappa shape index (κ1) is 15.7. The van der Waals surface area contributed by atoms with Crippen LogP contribution in [-0.4, -0.2) is 22.4 Å².